The molecule has 128 valence electrons. The van der Waals surface area contributed by atoms with Gasteiger partial charge in [0.1, 0.15) is 0 Å². The second-order valence-electron chi connectivity index (χ2n) is 5.75. The van der Waals surface area contributed by atoms with Crippen molar-refractivity contribution in [2.45, 2.75) is 19.9 Å². The number of ether oxygens (including phenoxy) is 1. The van der Waals surface area contributed by atoms with E-state index in [-0.39, 0.29) is 12.1 Å². The highest BCUT2D eigenvalue weighted by Crippen LogP contribution is 2.16. The number of hydrogen-bond donors (Lipinski definition) is 1. The van der Waals surface area contributed by atoms with Gasteiger partial charge in [-0.2, -0.15) is 0 Å². The Kier molecular flexibility index (Phi) is 7.15. The molecule has 1 unspecified atom stereocenters. The van der Waals surface area contributed by atoms with Crippen molar-refractivity contribution in [3.05, 3.63) is 34.9 Å². The molecular formula is C17H26ClN3O2. The summed E-state index contributed by atoms with van der Waals surface area (Å²) in [5, 5.41) is 3.76. The minimum atomic E-state index is -0.0317. The van der Waals surface area contributed by atoms with Crippen LogP contribution in [0.15, 0.2) is 24.3 Å². The fraction of sp³-hybridized carbons (Fsp3) is 0.588. The number of piperazine rings is 1. The minimum Gasteiger partial charge on any atom is -0.380 e. The monoisotopic (exact) mass is 339 g/mol. The highest BCUT2D eigenvalue weighted by molar-refractivity contribution is 6.30. The van der Waals surface area contributed by atoms with Crippen molar-refractivity contribution in [2.24, 2.45) is 0 Å². The van der Waals surface area contributed by atoms with E-state index in [1.807, 2.05) is 43.0 Å². The van der Waals surface area contributed by atoms with Crippen LogP contribution in [0.2, 0.25) is 5.02 Å². The molecule has 2 rings (SSSR count). The Hall–Kier alpha value is -1.30. The van der Waals surface area contributed by atoms with Gasteiger partial charge in [-0.1, -0.05) is 23.7 Å². The third-order valence-electron chi connectivity index (χ3n) is 4.13. The molecule has 1 saturated heterocycles. The van der Waals surface area contributed by atoms with E-state index in [1.165, 1.54) is 0 Å². The first-order valence-electron chi connectivity index (χ1n) is 8.21. The molecule has 1 fully saturated rings. The largest absolute Gasteiger partial charge is 0.380 e. The molecule has 1 N–H and O–H groups in total. The van der Waals surface area contributed by atoms with Crippen LogP contribution in [-0.2, 0) is 4.74 Å². The molecule has 2 amide bonds. The fourth-order valence-electron chi connectivity index (χ4n) is 2.62. The molecule has 0 aliphatic carbocycles. The number of nitrogens with one attached hydrogen (secondary N) is 1. The number of rotatable bonds is 6. The van der Waals surface area contributed by atoms with E-state index in [1.54, 1.807) is 0 Å². The number of nitrogens with zero attached hydrogens (tertiary/aromatic N) is 2. The van der Waals surface area contributed by atoms with Crippen molar-refractivity contribution >= 4 is 17.6 Å². The predicted octanol–water partition coefficient (Wildman–Crippen LogP) is 2.76. The summed E-state index contributed by atoms with van der Waals surface area (Å²) >= 11 is 5.89. The zero-order chi connectivity index (χ0) is 16.7. The topological polar surface area (TPSA) is 44.8 Å². The van der Waals surface area contributed by atoms with Gasteiger partial charge in [-0.25, -0.2) is 4.79 Å². The summed E-state index contributed by atoms with van der Waals surface area (Å²) in [5.74, 6) is 0. The Bertz CT molecular complexity index is 487. The average molecular weight is 340 g/mol. The lowest BCUT2D eigenvalue weighted by atomic mass is 10.1. The molecule has 1 heterocycles. The maximum absolute atomic E-state index is 12.4. The SMILES string of the molecule is CCOCCN1CCN(C(=O)NC(C)c2ccc(Cl)cc2)CC1. The lowest BCUT2D eigenvalue weighted by Gasteiger charge is -2.35. The van der Waals surface area contributed by atoms with Crippen LogP contribution < -0.4 is 5.32 Å². The Morgan fingerprint density at radius 2 is 1.91 bits per heavy atom. The Labute approximate surface area is 143 Å². The van der Waals surface area contributed by atoms with Gasteiger partial charge in [-0.15, -0.1) is 0 Å². The van der Waals surface area contributed by atoms with E-state index < -0.39 is 0 Å². The van der Waals surface area contributed by atoms with E-state index in [0.29, 0.717) is 5.02 Å². The second kappa shape index (κ2) is 9.11. The first-order chi connectivity index (χ1) is 11.1. The molecule has 1 aromatic rings. The molecule has 0 spiro atoms. The van der Waals surface area contributed by atoms with Crippen LogP contribution in [0.3, 0.4) is 0 Å². The maximum atomic E-state index is 12.4. The second-order valence-corrected chi connectivity index (χ2v) is 6.18. The molecule has 1 aliphatic heterocycles. The van der Waals surface area contributed by atoms with Crippen LogP contribution in [0.4, 0.5) is 4.79 Å². The first kappa shape index (κ1) is 18.0. The van der Waals surface area contributed by atoms with E-state index in [4.69, 9.17) is 16.3 Å². The van der Waals surface area contributed by atoms with Gasteiger partial charge in [-0.3, -0.25) is 4.90 Å². The Morgan fingerprint density at radius 1 is 1.26 bits per heavy atom. The minimum absolute atomic E-state index is 0.00286. The van der Waals surface area contributed by atoms with Gasteiger partial charge in [0.25, 0.3) is 0 Å². The van der Waals surface area contributed by atoms with Crippen LogP contribution in [0.5, 0.6) is 0 Å². The molecule has 1 atom stereocenters. The molecule has 1 aromatic carbocycles. The molecule has 0 radical (unpaired) electrons. The number of hydrogen-bond acceptors (Lipinski definition) is 3. The summed E-state index contributed by atoms with van der Waals surface area (Å²) < 4.78 is 5.38. The van der Waals surface area contributed by atoms with Crippen molar-refractivity contribution in [3.63, 3.8) is 0 Å². The molecule has 5 nitrogen and oxygen atoms in total. The van der Waals surface area contributed by atoms with Crippen LogP contribution in [0.25, 0.3) is 0 Å². The van der Waals surface area contributed by atoms with Gasteiger partial charge in [0.2, 0.25) is 0 Å². The Balaban J connectivity index is 1.75. The van der Waals surface area contributed by atoms with Gasteiger partial charge in [0, 0.05) is 44.4 Å². The van der Waals surface area contributed by atoms with E-state index in [0.717, 1.165) is 51.5 Å². The highest BCUT2D eigenvalue weighted by Gasteiger charge is 2.22. The van der Waals surface area contributed by atoms with Gasteiger partial charge in [0.15, 0.2) is 0 Å². The summed E-state index contributed by atoms with van der Waals surface area (Å²) in [5.41, 5.74) is 1.05. The number of carbonyl (C=O) groups is 1. The number of amides is 2. The fourth-order valence-corrected chi connectivity index (χ4v) is 2.75. The molecule has 0 saturated carbocycles. The van der Waals surface area contributed by atoms with Crippen LogP contribution in [0.1, 0.15) is 25.5 Å². The van der Waals surface area contributed by atoms with Crippen LogP contribution >= 0.6 is 11.6 Å². The molecule has 23 heavy (non-hydrogen) atoms. The predicted molar refractivity (Wildman–Crippen MR) is 92.9 cm³/mol. The zero-order valence-electron chi connectivity index (χ0n) is 13.9. The summed E-state index contributed by atoms with van der Waals surface area (Å²) in [6.07, 6.45) is 0. The van der Waals surface area contributed by atoms with Gasteiger partial charge < -0.3 is 15.0 Å². The van der Waals surface area contributed by atoms with Crippen molar-refractivity contribution in [1.82, 2.24) is 15.1 Å². The van der Waals surface area contributed by atoms with Crippen molar-refractivity contribution < 1.29 is 9.53 Å². The van der Waals surface area contributed by atoms with Gasteiger partial charge in [0.05, 0.1) is 12.6 Å². The van der Waals surface area contributed by atoms with Crippen LogP contribution in [0, 0.1) is 0 Å². The van der Waals surface area contributed by atoms with Crippen molar-refractivity contribution in [2.75, 3.05) is 45.9 Å². The van der Waals surface area contributed by atoms with E-state index >= 15 is 0 Å². The highest BCUT2D eigenvalue weighted by atomic mass is 35.5. The number of halogens is 1. The van der Waals surface area contributed by atoms with E-state index in [2.05, 4.69) is 10.2 Å². The number of carbonyl (C=O) groups excluding carboxylic acids is 1. The summed E-state index contributed by atoms with van der Waals surface area (Å²) in [4.78, 5) is 16.6. The number of urea groups is 1. The van der Waals surface area contributed by atoms with Crippen LogP contribution in [-0.4, -0.2) is 61.8 Å². The third kappa shape index (κ3) is 5.68. The molecule has 0 bridgehead atoms. The third-order valence-corrected chi connectivity index (χ3v) is 4.38. The number of benzene rings is 1. The smallest absolute Gasteiger partial charge is 0.317 e. The normalized spacial score (nSPS) is 17.1. The Morgan fingerprint density at radius 3 is 2.52 bits per heavy atom. The molecule has 6 heteroatoms. The summed E-state index contributed by atoms with van der Waals surface area (Å²) in [7, 11) is 0. The average Bonchev–Trinajstić information content (AvgIpc) is 2.56. The quantitative estimate of drug-likeness (QED) is 0.810. The lowest BCUT2D eigenvalue weighted by Crippen LogP contribution is -2.52. The van der Waals surface area contributed by atoms with Gasteiger partial charge >= 0.3 is 6.03 Å². The summed E-state index contributed by atoms with van der Waals surface area (Å²) in [6.45, 7) is 9.75. The van der Waals surface area contributed by atoms with Crippen molar-refractivity contribution in [3.8, 4) is 0 Å². The van der Waals surface area contributed by atoms with E-state index in [9.17, 15) is 4.79 Å². The maximum Gasteiger partial charge on any atom is 0.317 e. The standard InChI is InChI=1S/C17H26ClN3O2/c1-3-23-13-12-20-8-10-21(11-9-20)17(22)19-14(2)15-4-6-16(18)7-5-15/h4-7,14H,3,8-13H2,1-2H3,(H,19,22). The first-order valence-corrected chi connectivity index (χ1v) is 8.59. The lowest BCUT2D eigenvalue weighted by molar-refractivity contribution is 0.0877. The van der Waals surface area contributed by atoms with Crippen molar-refractivity contribution in [1.29, 1.82) is 0 Å². The molecule has 1 aliphatic rings. The molecular weight excluding hydrogens is 314 g/mol. The zero-order valence-corrected chi connectivity index (χ0v) is 14.7. The van der Waals surface area contributed by atoms with Gasteiger partial charge in [-0.05, 0) is 31.5 Å². The summed E-state index contributed by atoms with van der Waals surface area (Å²) in [6, 6.07) is 7.54. The molecule has 0 aromatic heterocycles.